The van der Waals surface area contributed by atoms with Crippen LogP contribution in [0.25, 0.3) is 0 Å². The number of nitrogens with zero attached hydrogens (tertiary/aromatic N) is 1. The molecule has 2 atom stereocenters. The highest BCUT2D eigenvalue weighted by Gasteiger charge is 2.32. The van der Waals surface area contributed by atoms with Gasteiger partial charge in [-0.3, -0.25) is 14.3 Å². The van der Waals surface area contributed by atoms with Crippen LogP contribution in [0.1, 0.15) is 40.6 Å². The van der Waals surface area contributed by atoms with Crippen molar-refractivity contribution in [2.24, 2.45) is 0 Å². The topological polar surface area (TPSA) is 90.4 Å². The molecule has 0 unspecified atom stereocenters. The lowest BCUT2D eigenvalue weighted by molar-refractivity contribution is -0.137. The van der Waals surface area contributed by atoms with Crippen LogP contribution in [0.2, 0.25) is 0 Å². The Kier molecular flexibility index (Phi) is 5.41. The summed E-state index contributed by atoms with van der Waals surface area (Å²) in [5, 5.41) is 0. The van der Waals surface area contributed by atoms with E-state index in [0.29, 0.717) is 18.4 Å². The minimum absolute atomic E-state index is 0.164. The number of aromatic nitrogens is 2. The number of nitrogens with one attached hydrogen (secondary N) is 1. The van der Waals surface area contributed by atoms with Crippen molar-refractivity contribution < 1.29 is 27.4 Å². The van der Waals surface area contributed by atoms with Gasteiger partial charge in [0.25, 0.3) is 5.56 Å². The number of carbonyl (C=O) groups excluding carboxylic acids is 1. The Morgan fingerprint density at radius 2 is 2.07 bits per heavy atom. The van der Waals surface area contributed by atoms with Crippen molar-refractivity contribution >= 4 is 5.97 Å². The van der Waals surface area contributed by atoms with Crippen molar-refractivity contribution in [2.75, 3.05) is 6.61 Å². The van der Waals surface area contributed by atoms with Gasteiger partial charge in [-0.25, -0.2) is 9.59 Å². The molecule has 0 bridgehead atoms. The molecule has 2 heterocycles. The second kappa shape index (κ2) is 7.63. The maximum Gasteiger partial charge on any atom is 0.416 e. The third-order valence-electron chi connectivity index (χ3n) is 4.37. The average Bonchev–Trinajstić information content (AvgIpc) is 3.11. The second-order valence-electron chi connectivity index (χ2n) is 6.45. The molecule has 1 aliphatic heterocycles. The van der Waals surface area contributed by atoms with Gasteiger partial charge in [-0.15, -0.1) is 0 Å². The van der Waals surface area contributed by atoms with Gasteiger partial charge in [-0.2, -0.15) is 13.2 Å². The summed E-state index contributed by atoms with van der Waals surface area (Å²) < 4.78 is 50.2. The van der Waals surface area contributed by atoms with Crippen LogP contribution in [-0.2, 0) is 15.7 Å². The van der Waals surface area contributed by atoms with Crippen LogP contribution in [0.15, 0.2) is 40.1 Å². The van der Waals surface area contributed by atoms with Crippen molar-refractivity contribution in [1.29, 1.82) is 0 Å². The highest BCUT2D eigenvalue weighted by atomic mass is 19.4. The van der Waals surface area contributed by atoms with E-state index in [2.05, 4.69) is 4.98 Å². The summed E-state index contributed by atoms with van der Waals surface area (Å²) in [6.45, 7) is 1.39. The third kappa shape index (κ3) is 4.33. The predicted octanol–water partition coefficient (Wildman–Crippen LogP) is 2.40. The third-order valence-corrected chi connectivity index (χ3v) is 4.37. The normalized spacial score (nSPS) is 19.6. The molecule has 2 aromatic rings. The van der Waals surface area contributed by atoms with Crippen molar-refractivity contribution in [2.45, 2.75) is 38.3 Å². The van der Waals surface area contributed by atoms with Gasteiger partial charge in [0.15, 0.2) is 0 Å². The molecule has 3 rings (SSSR count). The monoisotopic (exact) mass is 398 g/mol. The van der Waals surface area contributed by atoms with E-state index in [-0.39, 0.29) is 12.2 Å². The first-order valence-electron chi connectivity index (χ1n) is 8.47. The predicted molar refractivity (Wildman–Crippen MR) is 90.9 cm³/mol. The molecular formula is C18H17F3N2O5. The Labute approximate surface area is 156 Å². The minimum Gasteiger partial charge on any atom is -0.459 e. The van der Waals surface area contributed by atoms with E-state index in [0.717, 1.165) is 18.2 Å². The first-order chi connectivity index (χ1) is 13.1. The lowest BCUT2D eigenvalue weighted by Crippen LogP contribution is -2.33. The van der Waals surface area contributed by atoms with Crippen LogP contribution >= 0.6 is 0 Å². The van der Waals surface area contributed by atoms with Gasteiger partial charge < -0.3 is 9.47 Å². The number of benzene rings is 1. The molecule has 0 saturated carbocycles. The van der Waals surface area contributed by atoms with Gasteiger partial charge in [0.05, 0.1) is 17.2 Å². The largest absolute Gasteiger partial charge is 0.459 e. The average molecular weight is 398 g/mol. The van der Waals surface area contributed by atoms with Gasteiger partial charge in [0.1, 0.15) is 12.8 Å². The molecule has 150 valence electrons. The first-order valence-corrected chi connectivity index (χ1v) is 8.47. The Balaban J connectivity index is 1.61. The summed E-state index contributed by atoms with van der Waals surface area (Å²) in [6, 6.07) is 3.96. The van der Waals surface area contributed by atoms with Gasteiger partial charge in [-0.05, 0) is 38.0 Å². The number of aryl methyl sites for hydroxylation is 1. The fraction of sp³-hybridized carbons (Fsp3) is 0.389. The molecule has 1 aliphatic rings. The number of aromatic amines is 1. The number of carbonyl (C=O) groups is 1. The molecule has 0 radical (unpaired) electrons. The van der Waals surface area contributed by atoms with Crippen molar-refractivity contribution in [3.63, 3.8) is 0 Å². The number of alkyl halides is 3. The molecule has 1 saturated heterocycles. The van der Waals surface area contributed by atoms with Gasteiger partial charge in [-0.1, -0.05) is 6.07 Å². The lowest BCUT2D eigenvalue weighted by Gasteiger charge is -2.16. The molecular weight excluding hydrogens is 381 g/mol. The summed E-state index contributed by atoms with van der Waals surface area (Å²) in [6.07, 6.45) is -3.37. The molecule has 0 aliphatic carbocycles. The van der Waals surface area contributed by atoms with Crippen molar-refractivity contribution in [3.8, 4) is 0 Å². The Bertz CT molecular complexity index is 996. The zero-order valence-electron chi connectivity index (χ0n) is 14.8. The number of H-pyrrole nitrogens is 1. The molecule has 7 nitrogen and oxygen atoms in total. The SMILES string of the molecule is Cc1cn([C@H]2CC[C@@H](COC(=O)c3cccc(C(F)(F)F)c3)O2)c(=O)[nH]c1=O. The molecule has 1 N–H and O–H groups in total. The number of rotatable bonds is 4. The van der Waals surface area contributed by atoms with Crippen molar-refractivity contribution in [1.82, 2.24) is 9.55 Å². The Morgan fingerprint density at radius 1 is 1.32 bits per heavy atom. The van der Waals surface area contributed by atoms with E-state index in [1.807, 2.05) is 0 Å². The number of halogens is 3. The molecule has 1 aromatic heterocycles. The van der Waals surface area contributed by atoms with E-state index in [1.54, 1.807) is 6.92 Å². The summed E-state index contributed by atoms with van der Waals surface area (Å²) >= 11 is 0. The molecule has 10 heteroatoms. The van der Waals surface area contributed by atoms with Gasteiger partial charge in [0.2, 0.25) is 0 Å². The number of ether oxygens (including phenoxy) is 2. The van der Waals surface area contributed by atoms with Gasteiger partial charge in [0, 0.05) is 11.8 Å². The molecule has 0 spiro atoms. The molecule has 0 amide bonds. The Hall–Kier alpha value is -2.88. The van der Waals surface area contributed by atoms with Crippen LogP contribution in [0.5, 0.6) is 0 Å². The fourth-order valence-electron chi connectivity index (χ4n) is 2.89. The molecule has 1 aromatic carbocycles. The number of esters is 1. The summed E-state index contributed by atoms with van der Waals surface area (Å²) in [5.74, 6) is -0.893. The number of hydrogen-bond acceptors (Lipinski definition) is 5. The smallest absolute Gasteiger partial charge is 0.416 e. The van der Waals surface area contributed by atoms with Crippen LogP contribution in [0.4, 0.5) is 13.2 Å². The Morgan fingerprint density at radius 3 is 2.79 bits per heavy atom. The maximum atomic E-state index is 12.7. The first kappa shape index (κ1) is 19.9. The van der Waals surface area contributed by atoms with E-state index in [9.17, 15) is 27.6 Å². The van der Waals surface area contributed by atoms with Crippen LogP contribution in [0.3, 0.4) is 0 Å². The zero-order valence-corrected chi connectivity index (χ0v) is 14.8. The molecule has 28 heavy (non-hydrogen) atoms. The van der Waals surface area contributed by atoms with Gasteiger partial charge >= 0.3 is 17.8 Å². The standard InChI is InChI=1S/C18H17F3N2O5/c1-10-8-23(17(26)22-15(10)24)14-6-5-13(28-14)9-27-16(25)11-3-2-4-12(7-11)18(19,20)21/h2-4,7-8,13-14H,5-6,9H2,1H3,(H,22,24,26)/t13-,14+/m0/s1. The van der Waals surface area contributed by atoms with Crippen LogP contribution in [0, 0.1) is 6.92 Å². The zero-order chi connectivity index (χ0) is 20.5. The maximum absolute atomic E-state index is 12.7. The van der Waals surface area contributed by atoms with E-state index in [4.69, 9.17) is 9.47 Å². The summed E-state index contributed by atoms with van der Waals surface area (Å²) in [4.78, 5) is 37.5. The fourth-order valence-corrected chi connectivity index (χ4v) is 2.89. The van der Waals surface area contributed by atoms with Crippen LogP contribution < -0.4 is 11.2 Å². The summed E-state index contributed by atoms with van der Waals surface area (Å²) in [5.41, 5.74) is -1.89. The van der Waals surface area contributed by atoms with Crippen LogP contribution in [-0.4, -0.2) is 28.2 Å². The summed E-state index contributed by atoms with van der Waals surface area (Å²) in [7, 11) is 0. The second-order valence-corrected chi connectivity index (χ2v) is 6.45. The van der Waals surface area contributed by atoms with Crippen molar-refractivity contribution in [3.05, 3.63) is 68.0 Å². The number of hydrogen-bond donors (Lipinski definition) is 1. The lowest BCUT2D eigenvalue weighted by atomic mass is 10.1. The minimum atomic E-state index is -4.56. The van der Waals surface area contributed by atoms with E-state index in [1.165, 1.54) is 16.8 Å². The molecule has 1 fully saturated rings. The highest BCUT2D eigenvalue weighted by Crippen LogP contribution is 2.30. The van der Waals surface area contributed by atoms with E-state index >= 15 is 0 Å². The quantitative estimate of drug-likeness (QED) is 0.799. The van der Waals surface area contributed by atoms with E-state index < -0.39 is 41.3 Å². The highest BCUT2D eigenvalue weighted by molar-refractivity contribution is 5.89.